The second-order valence-corrected chi connectivity index (χ2v) is 6.27. The molecule has 0 saturated carbocycles. The van der Waals surface area contributed by atoms with Crippen molar-refractivity contribution in [1.29, 1.82) is 0 Å². The Hall–Kier alpha value is -2.04. The molecule has 1 aliphatic rings. The molecule has 5 nitrogen and oxygen atoms in total. The van der Waals surface area contributed by atoms with Gasteiger partial charge in [0.25, 0.3) is 0 Å². The molecule has 0 aliphatic carbocycles. The molecule has 0 fully saturated rings. The summed E-state index contributed by atoms with van der Waals surface area (Å²) in [6.45, 7) is 6.00. The Balaban J connectivity index is 2.24. The molecule has 2 rings (SSSR count). The number of hydrogen-bond donors (Lipinski definition) is 1. The van der Waals surface area contributed by atoms with Crippen molar-refractivity contribution >= 4 is 12.1 Å². The van der Waals surface area contributed by atoms with Crippen molar-refractivity contribution in [2.45, 2.75) is 38.7 Å². The van der Waals surface area contributed by atoms with Crippen LogP contribution in [0.4, 0.5) is 4.79 Å². The van der Waals surface area contributed by atoms with E-state index < -0.39 is 23.6 Å². The van der Waals surface area contributed by atoms with E-state index in [1.807, 2.05) is 24.3 Å². The number of amides is 1. The third kappa shape index (κ3) is 3.74. The van der Waals surface area contributed by atoms with Crippen LogP contribution in [-0.4, -0.2) is 40.8 Å². The molecule has 1 aromatic rings. The zero-order chi connectivity index (χ0) is 15.6. The first kappa shape index (κ1) is 15.4. The SMILES string of the molecule is CC(C)(C)OC(=O)N1CCc2ccccc2C(C(=O)O)C1. The molecule has 1 atom stereocenters. The fraction of sp³-hybridized carbons (Fsp3) is 0.500. The van der Waals surface area contributed by atoms with Crippen LogP contribution in [0.5, 0.6) is 0 Å². The normalized spacial score (nSPS) is 18.6. The zero-order valence-electron chi connectivity index (χ0n) is 12.6. The highest BCUT2D eigenvalue weighted by Gasteiger charge is 2.32. The molecule has 0 bridgehead atoms. The van der Waals surface area contributed by atoms with E-state index in [4.69, 9.17) is 4.74 Å². The second-order valence-electron chi connectivity index (χ2n) is 6.27. The number of carbonyl (C=O) groups excluding carboxylic acids is 1. The van der Waals surface area contributed by atoms with E-state index in [2.05, 4.69) is 0 Å². The van der Waals surface area contributed by atoms with Crippen LogP contribution in [0.1, 0.15) is 37.8 Å². The Kier molecular flexibility index (Phi) is 4.21. The topological polar surface area (TPSA) is 66.8 Å². The lowest BCUT2D eigenvalue weighted by molar-refractivity contribution is -0.139. The van der Waals surface area contributed by atoms with Gasteiger partial charge in [-0.15, -0.1) is 0 Å². The van der Waals surface area contributed by atoms with E-state index in [9.17, 15) is 14.7 Å². The highest BCUT2D eigenvalue weighted by molar-refractivity contribution is 5.78. The Morgan fingerprint density at radius 3 is 2.57 bits per heavy atom. The number of nitrogens with zero attached hydrogens (tertiary/aromatic N) is 1. The summed E-state index contributed by atoms with van der Waals surface area (Å²) in [5.74, 6) is -1.63. The number of carbonyl (C=O) groups is 2. The van der Waals surface area contributed by atoms with Crippen LogP contribution in [0.3, 0.4) is 0 Å². The Morgan fingerprint density at radius 2 is 1.95 bits per heavy atom. The van der Waals surface area contributed by atoms with Crippen molar-refractivity contribution in [1.82, 2.24) is 4.90 Å². The van der Waals surface area contributed by atoms with Crippen molar-refractivity contribution in [2.24, 2.45) is 0 Å². The van der Waals surface area contributed by atoms with E-state index in [-0.39, 0.29) is 6.54 Å². The van der Waals surface area contributed by atoms with Gasteiger partial charge in [0.05, 0.1) is 5.92 Å². The monoisotopic (exact) mass is 291 g/mol. The minimum absolute atomic E-state index is 0.140. The number of rotatable bonds is 1. The maximum Gasteiger partial charge on any atom is 0.410 e. The standard InChI is InChI=1S/C16H21NO4/c1-16(2,3)21-15(20)17-9-8-11-6-4-5-7-12(11)13(10-17)14(18)19/h4-7,13H,8-10H2,1-3H3,(H,18,19). The van der Waals surface area contributed by atoms with Gasteiger partial charge in [-0.3, -0.25) is 4.79 Å². The lowest BCUT2D eigenvalue weighted by atomic mass is 9.94. The molecule has 1 unspecified atom stereocenters. The molecule has 1 aromatic carbocycles. The van der Waals surface area contributed by atoms with Gasteiger partial charge in [-0.1, -0.05) is 24.3 Å². The molecule has 114 valence electrons. The van der Waals surface area contributed by atoms with Crippen LogP contribution in [0.25, 0.3) is 0 Å². The highest BCUT2D eigenvalue weighted by Crippen LogP contribution is 2.26. The molecule has 1 heterocycles. The maximum atomic E-state index is 12.2. The van der Waals surface area contributed by atoms with E-state index in [0.29, 0.717) is 13.0 Å². The molecule has 21 heavy (non-hydrogen) atoms. The summed E-state index contributed by atoms with van der Waals surface area (Å²) in [7, 11) is 0. The molecular formula is C16H21NO4. The van der Waals surface area contributed by atoms with Gasteiger partial charge < -0.3 is 14.7 Å². The smallest absolute Gasteiger partial charge is 0.410 e. The average Bonchev–Trinajstić information content (AvgIpc) is 2.56. The van der Waals surface area contributed by atoms with E-state index in [1.54, 1.807) is 20.8 Å². The fourth-order valence-electron chi connectivity index (χ4n) is 2.47. The average molecular weight is 291 g/mol. The van der Waals surface area contributed by atoms with E-state index in [1.165, 1.54) is 4.90 Å². The highest BCUT2D eigenvalue weighted by atomic mass is 16.6. The van der Waals surface area contributed by atoms with Crippen LogP contribution in [0.2, 0.25) is 0 Å². The number of aliphatic carboxylic acids is 1. The third-order valence-corrected chi connectivity index (χ3v) is 3.43. The summed E-state index contributed by atoms with van der Waals surface area (Å²) in [5.41, 5.74) is 1.18. The van der Waals surface area contributed by atoms with Crippen molar-refractivity contribution in [3.63, 3.8) is 0 Å². The molecule has 0 aromatic heterocycles. The first-order valence-electron chi connectivity index (χ1n) is 7.06. The molecule has 1 amide bonds. The van der Waals surface area contributed by atoms with Crippen LogP contribution in [0.15, 0.2) is 24.3 Å². The minimum Gasteiger partial charge on any atom is -0.481 e. The predicted octanol–water partition coefficient (Wildman–Crippen LogP) is 2.65. The molecule has 0 spiro atoms. The number of carboxylic acids is 1. The first-order chi connectivity index (χ1) is 9.78. The lowest BCUT2D eigenvalue weighted by Gasteiger charge is -2.27. The molecular weight excluding hydrogens is 270 g/mol. The van der Waals surface area contributed by atoms with Crippen LogP contribution in [0, 0.1) is 0 Å². The van der Waals surface area contributed by atoms with Crippen molar-refractivity contribution in [3.8, 4) is 0 Å². The van der Waals surface area contributed by atoms with Gasteiger partial charge in [-0.25, -0.2) is 4.79 Å². The zero-order valence-corrected chi connectivity index (χ0v) is 12.6. The number of benzene rings is 1. The second kappa shape index (κ2) is 5.76. The van der Waals surface area contributed by atoms with Gasteiger partial charge in [-0.2, -0.15) is 0 Å². The first-order valence-corrected chi connectivity index (χ1v) is 7.06. The van der Waals surface area contributed by atoms with Crippen LogP contribution < -0.4 is 0 Å². The number of ether oxygens (including phenoxy) is 1. The lowest BCUT2D eigenvalue weighted by Crippen LogP contribution is -2.40. The predicted molar refractivity (Wildman–Crippen MR) is 78.3 cm³/mol. The third-order valence-electron chi connectivity index (χ3n) is 3.43. The van der Waals surface area contributed by atoms with Gasteiger partial charge in [0.2, 0.25) is 0 Å². The van der Waals surface area contributed by atoms with E-state index in [0.717, 1.165) is 11.1 Å². The van der Waals surface area contributed by atoms with Gasteiger partial charge in [0.1, 0.15) is 5.60 Å². The van der Waals surface area contributed by atoms with E-state index >= 15 is 0 Å². The largest absolute Gasteiger partial charge is 0.481 e. The summed E-state index contributed by atoms with van der Waals surface area (Å²) in [5, 5.41) is 9.46. The molecule has 5 heteroatoms. The summed E-state index contributed by atoms with van der Waals surface area (Å²) in [6.07, 6.45) is 0.181. The molecule has 1 N–H and O–H groups in total. The van der Waals surface area contributed by atoms with Gasteiger partial charge in [0, 0.05) is 13.1 Å². The quantitative estimate of drug-likeness (QED) is 0.863. The number of hydrogen-bond acceptors (Lipinski definition) is 3. The fourth-order valence-corrected chi connectivity index (χ4v) is 2.47. The molecule has 1 aliphatic heterocycles. The van der Waals surface area contributed by atoms with Crippen LogP contribution in [-0.2, 0) is 16.0 Å². The number of fused-ring (bicyclic) bond motifs is 1. The van der Waals surface area contributed by atoms with Gasteiger partial charge in [0.15, 0.2) is 0 Å². The minimum atomic E-state index is -0.919. The van der Waals surface area contributed by atoms with Crippen molar-refractivity contribution < 1.29 is 19.4 Å². The Labute approximate surface area is 124 Å². The van der Waals surface area contributed by atoms with Gasteiger partial charge in [-0.05, 0) is 38.3 Å². The Morgan fingerprint density at radius 1 is 1.29 bits per heavy atom. The summed E-state index contributed by atoms with van der Waals surface area (Å²) in [6, 6.07) is 7.47. The van der Waals surface area contributed by atoms with Crippen molar-refractivity contribution in [2.75, 3.05) is 13.1 Å². The summed E-state index contributed by atoms with van der Waals surface area (Å²) >= 11 is 0. The maximum absolute atomic E-state index is 12.2. The molecule has 0 radical (unpaired) electrons. The summed E-state index contributed by atoms with van der Waals surface area (Å²) in [4.78, 5) is 25.2. The summed E-state index contributed by atoms with van der Waals surface area (Å²) < 4.78 is 5.35. The van der Waals surface area contributed by atoms with Gasteiger partial charge >= 0.3 is 12.1 Å². The van der Waals surface area contributed by atoms with Crippen LogP contribution >= 0.6 is 0 Å². The molecule has 0 saturated heterocycles. The number of carboxylic acid groups (broad SMARTS) is 1. The van der Waals surface area contributed by atoms with Crippen molar-refractivity contribution in [3.05, 3.63) is 35.4 Å². The Bertz CT molecular complexity index is 547.